The molecule has 0 spiro atoms. The number of hydrogen-bond acceptors (Lipinski definition) is 6. The van der Waals surface area contributed by atoms with Crippen molar-refractivity contribution < 1.29 is 22.4 Å². The van der Waals surface area contributed by atoms with Crippen LogP contribution in [0.2, 0.25) is 0 Å². The molecule has 186 valence electrons. The molecule has 2 amide bonds. The zero-order valence-electron chi connectivity index (χ0n) is 19.3. The second kappa shape index (κ2) is 9.96. The van der Waals surface area contributed by atoms with E-state index in [2.05, 4.69) is 17.2 Å². The minimum absolute atomic E-state index is 0.0174. The van der Waals surface area contributed by atoms with Gasteiger partial charge in [0.25, 0.3) is 5.91 Å². The van der Waals surface area contributed by atoms with Gasteiger partial charge in [0.1, 0.15) is 5.76 Å². The number of nitrogens with zero attached hydrogens (tertiary/aromatic N) is 1. The number of anilines is 1. The molecule has 0 bridgehead atoms. The third-order valence-corrected chi connectivity index (χ3v) is 9.70. The fourth-order valence-electron chi connectivity index (χ4n) is 4.50. The first-order chi connectivity index (χ1) is 17.3. The highest BCUT2D eigenvalue weighted by Crippen LogP contribution is 2.43. The van der Waals surface area contributed by atoms with Crippen molar-refractivity contribution in [2.45, 2.75) is 21.9 Å². The fourth-order valence-corrected chi connectivity index (χ4v) is 7.77. The van der Waals surface area contributed by atoms with Crippen molar-refractivity contribution in [3.05, 3.63) is 85.1 Å². The molecule has 3 atom stereocenters. The zero-order chi connectivity index (χ0) is 25.3. The monoisotopic (exact) mass is 523 g/mol. The Morgan fingerprint density at radius 1 is 1.03 bits per heavy atom. The highest BCUT2D eigenvalue weighted by atomic mass is 32.2. The van der Waals surface area contributed by atoms with Gasteiger partial charge >= 0.3 is 0 Å². The third kappa shape index (κ3) is 4.97. The lowest BCUT2D eigenvalue weighted by Gasteiger charge is -2.19. The van der Waals surface area contributed by atoms with Crippen LogP contribution in [0.15, 0.2) is 88.7 Å². The maximum Gasteiger partial charge on any atom is 0.291 e. The Kier molecular flexibility index (Phi) is 6.74. The van der Waals surface area contributed by atoms with E-state index >= 15 is 0 Å². The smallest absolute Gasteiger partial charge is 0.291 e. The molecule has 1 aromatic heterocycles. The molecule has 2 fully saturated rings. The summed E-state index contributed by atoms with van der Waals surface area (Å²) in [5, 5.41) is 5.75. The number of rotatable bonds is 7. The first-order valence-electron chi connectivity index (χ1n) is 11.5. The lowest BCUT2D eigenvalue weighted by molar-refractivity contribution is -0.116. The average molecular weight is 524 g/mol. The number of carbonyl (C=O) groups is 2. The van der Waals surface area contributed by atoms with E-state index in [9.17, 15) is 18.0 Å². The largest absolute Gasteiger partial charge is 0.451 e. The SMILES string of the molecule is C=CC(=O)NC1CC2CN(S(=O)(=O)c3ccc(NC(=O)c4ccc(-c5ccccc5)o4)cc3)CC2S1. The molecule has 2 N–H and O–H groups in total. The van der Waals surface area contributed by atoms with Crippen molar-refractivity contribution >= 4 is 39.3 Å². The summed E-state index contributed by atoms with van der Waals surface area (Å²) < 4.78 is 33.6. The summed E-state index contributed by atoms with van der Waals surface area (Å²) in [5.41, 5.74) is 1.33. The molecule has 2 aliphatic rings. The summed E-state index contributed by atoms with van der Waals surface area (Å²) in [6, 6.07) is 18.9. The van der Waals surface area contributed by atoms with Crippen LogP contribution >= 0.6 is 11.8 Å². The number of thioether (sulfide) groups is 1. The molecule has 3 unspecified atom stereocenters. The van der Waals surface area contributed by atoms with Gasteiger partial charge in [0, 0.05) is 29.6 Å². The summed E-state index contributed by atoms with van der Waals surface area (Å²) >= 11 is 1.61. The Bertz CT molecular complexity index is 1370. The zero-order valence-corrected chi connectivity index (χ0v) is 20.9. The van der Waals surface area contributed by atoms with Gasteiger partial charge < -0.3 is 15.1 Å². The molecule has 0 aliphatic carbocycles. The van der Waals surface area contributed by atoms with E-state index < -0.39 is 15.9 Å². The Morgan fingerprint density at radius 2 is 1.78 bits per heavy atom. The van der Waals surface area contributed by atoms with Crippen LogP contribution in [-0.2, 0) is 14.8 Å². The van der Waals surface area contributed by atoms with Crippen LogP contribution < -0.4 is 10.6 Å². The van der Waals surface area contributed by atoms with E-state index in [1.54, 1.807) is 36.0 Å². The van der Waals surface area contributed by atoms with Crippen LogP contribution in [0.25, 0.3) is 11.3 Å². The van der Waals surface area contributed by atoms with E-state index in [0.29, 0.717) is 24.5 Å². The summed E-state index contributed by atoms with van der Waals surface area (Å²) in [5.74, 6) is 0.301. The molecule has 0 saturated carbocycles. The van der Waals surface area contributed by atoms with Crippen molar-refractivity contribution in [3.8, 4) is 11.3 Å². The van der Waals surface area contributed by atoms with Crippen molar-refractivity contribution in [1.82, 2.24) is 9.62 Å². The Balaban J connectivity index is 1.20. The fraction of sp³-hybridized carbons (Fsp3) is 0.231. The number of fused-ring (bicyclic) bond motifs is 1. The molecule has 2 aromatic carbocycles. The molecule has 3 aromatic rings. The third-order valence-electron chi connectivity index (χ3n) is 6.33. The standard InChI is InChI=1S/C26H25N3O5S2/c1-2-24(30)28-25-14-18-15-29(16-23(18)35-25)36(32,33)20-10-8-19(9-11-20)27-26(31)22-13-12-21(34-22)17-6-4-3-5-7-17/h2-13,18,23,25H,1,14-16H2,(H,27,31)(H,28,30). The molecular weight excluding hydrogens is 498 g/mol. The maximum absolute atomic E-state index is 13.2. The molecule has 3 heterocycles. The highest BCUT2D eigenvalue weighted by Gasteiger charge is 2.45. The number of amides is 2. The number of carbonyl (C=O) groups excluding carboxylic acids is 2. The van der Waals surface area contributed by atoms with Gasteiger partial charge in [-0.1, -0.05) is 36.9 Å². The molecule has 5 rings (SSSR count). The van der Waals surface area contributed by atoms with E-state index in [1.807, 2.05) is 30.3 Å². The summed E-state index contributed by atoms with van der Waals surface area (Å²) in [6.07, 6.45) is 1.97. The van der Waals surface area contributed by atoms with Gasteiger partial charge in [-0.15, -0.1) is 11.8 Å². The molecule has 8 nitrogen and oxygen atoms in total. The van der Waals surface area contributed by atoms with Gasteiger partial charge in [-0.2, -0.15) is 4.31 Å². The van der Waals surface area contributed by atoms with Gasteiger partial charge in [-0.3, -0.25) is 9.59 Å². The van der Waals surface area contributed by atoms with Crippen LogP contribution in [0, 0.1) is 5.92 Å². The van der Waals surface area contributed by atoms with Gasteiger partial charge in [0.15, 0.2) is 5.76 Å². The van der Waals surface area contributed by atoms with Gasteiger partial charge in [-0.05, 0) is 54.8 Å². The molecular formula is C26H25N3O5S2. The number of furan rings is 1. The summed E-state index contributed by atoms with van der Waals surface area (Å²) in [4.78, 5) is 24.3. The van der Waals surface area contributed by atoms with Crippen molar-refractivity contribution in [1.29, 1.82) is 0 Å². The van der Waals surface area contributed by atoms with E-state index in [0.717, 1.165) is 12.0 Å². The lowest BCUT2D eigenvalue weighted by atomic mass is 10.1. The number of hydrogen-bond donors (Lipinski definition) is 2. The number of sulfonamides is 1. The first kappa shape index (κ1) is 24.4. The molecule has 36 heavy (non-hydrogen) atoms. The second-order valence-electron chi connectivity index (χ2n) is 8.70. The van der Waals surface area contributed by atoms with E-state index in [4.69, 9.17) is 4.42 Å². The number of nitrogens with one attached hydrogen (secondary N) is 2. The Hall–Kier alpha value is -3.34. The minimum atomic E-state index is -3.67. The normalized spacial score (nSPS) is 21.6. The molecule has 10 heteroatoms. The van der Waals surface area contributed by atoms with E-state index in [-0.39, 0.29) is 33.1 Å². The number of benzene rings is 2. The van der Waals surface area contributed by atoms with Crippen LogP contribution in [0.5, 0.6) is 0 Å². The van der Waals surface area contributed by atoms with E-state index in [1.165, 1.54) is 22.5 Å². The molecule has 0 radical (unpaired) electrons. The topological polar surface area (TPSA) is 109 Å². The Morgan fingerprint density at radius 3 is 2.47 bits per heavy atom. The lowest BCUT2D eigenvalue weighted by Crippen LogP contribution is -2.33. The Labute approximate surface area is 213 Å². The highest BCUT2D eigenvalue weighted by molar-refractivity contribution is 8.00. The predicted octanol–water partition coefficient (Wildman–Crippen LogP) is 3.95. The van der Waals surface area contributed by atoms with Crippen LogP contribution in [0.4, 0.5) is 5.69 Å². The molecule has 2 saturated heterocycles. The van der Waals surface area contributed by atoms with Crippen molar-refractivity contribution in [3.63, 3.8) is 0 Å². The van der Waals surface area contributed by atoms with Crippen molar-refractivity contribution in [2.24, 2.45) is 5.92 Å². The van der Waals surface area contributed by atoms with Gasteiger partial charge in [-0.25, -0.2) is 8.42 Å². The van der Waals surface area contributed by atoms with Crippen LogP contribution in [-0.4, -0.2) is 48.3 Å². The van der Waals surface area contributed by atoms with Gasteiger partial charge in [0.05, 0.1) is 10.3 Å². The molecule has 2 aliphatic heterocycles. The average Bonchev–Trinajstić information content (AvgIpc) is 3.60. The second-order valence-corrected chi connectivity index (χ2v) is 12.1. The van der Waals surface area contributed by atoms with Crippen molar-refractivity contribution in [2.75, 3.05) is 18.4 Å². The quantitative estimate of drug-likeness (QED) is 0.454. The maximum atomic E-state index is 13.2. The summed E-state index contributed by atoms with van der Waals surface area (Å²) in [6.45, 7) is 4.29. The first-order valence-corrected chi connectivity index (χ1v) is 13.9. The minimum Gasteiger partial charge on any atom is -0.451 e. The van der Waals surface area contributed by atoms with Gasteiger partial charge in [0.2, 0.25) is 15.9 Å². The summed E-state index contributed by atoms with van der Waals surface area (Å²) in [7, 11) is -3.67. The van der Waals surface area contributed by atoms with Crippen LogP contribution in [0.1, 0.15) is 17.0 Å². The predicted molar refractivity (Wildman–Crippen MR) is 139 cm³/mol. The van der Waals surface area contributed by atoms with Crippen LogP contribution in [0.3, 0.4) is 0 Å².